The lowest BCUT2D eigenvalue weighted by molar-refractivity contribution is 0.196. The third-order valence-corrected chi connectivity index (χ3v) is 5.85. The molecule has 3 heteroatoms. The molecular weight excluding hydrogens is 264 g/mol. The van der Waals surface area contributed by atoms with E-state index in [-0.39, 0.29) is 0 Å². The highest BCUT2D eigenvalue weighted by molar-refractivity contribution is 7.17. The minimum Gasteiger partial charge on any atom is -0.307 e. The summed E-state index contributed by atoms with van der Waals surface area (Å²) in [6, 6.07) is 5.41. The minimum absolute atomic E-state index is 0.381. The molecule has 1 aliphatic carbocycles. The fraction of sp³-hybridized carbons (Fsp3) is 0.588. The molecule has 0 aromatic carbocycles. The number of fused-ring (bicyclic) bond motifs is 1. The van der Waals surface area contributed by atoms with E-state index in [4.69, 9.17) is 0 Å². The Kier molecular flexibility index (Phi) is 4.08. The maximum atomic E-state index is 4.56. The maximum Gasteiger partial charge on any atom is 0.0809 e. The van der Waals surface area contributed by atoms with E-state index in [1.165, 1.54) is 29.5 Å². The van der Waals surface area contributed by atoms with Crippen molar-refractivity contribution in [1.29, 1.82) is 0 Å². The van der Waals surface area contributed by atoms with Gasteiger partial charge in [0.25, 0.3) is 0 Å². The summed E-state index contributed by atoms with van der Waals surface area (Å²) in [5, 5.41) is 5.95. The molecule has 2 nitrogen and oxygen atoms in total. The molecule has 4 atom stereocenters. The standard InChI is InChI=1S/C17H24N2S/c1-11-5-4-6-15(12(11)2)19-13(3)14-9-17-16(18-10-14)7-8-20-17/h7-13,15,19H,4-6H2,1-3H3. The quantitative estimate of drug-likeness (QED) is 0.880. The van der Waals surface area contributed by atoms with E-state index in [0.29, 0.717) is 12.1 Å². The van der Waals surface area contributed by atoms with E-state index in [0.717, 1.165) is 17.4 Å². The van der Waals surface area contributed by atoms with Crippen LogP contribution in [0.1, 0.15) is 51.6 Å². The van der Waals surface area contributed by atoms with E-state index in [9.17, 15) is 0 Å². The monoisotopic (exact) mass is 288 g/mol. The van der Waals surface area contributed by atoms with E-state index < -0.39 is 0 Å². The predicted molar refractivity (Wildman–Crippen MR) is 87.1 cm³/mol. The van der Waals surface area contributed by atoms with Crippen LogP contribution in [0.3, 0.4) is 0 Å². The van der Waals surface area contributed by atoms with E-state index >= 15 is 0 Å². The molecular formula is C17H24N2S. The van der Waals surface area contributed by atoms with Crippen LogP contribution in [0.2, 0.25) is 0 Å². The molecule has 0 amide bonds. The number of pyridine rings is 1. The van der Waals surface area contributed by atoms with Crippen LogP contribution in [0.15, 0.2) is 23.7 Å². The first-order valence-electron chi connectivity index (χ1n) is 7.74. The number of thiophene rings is 1. The van der Waals surface area contributed by atoms with E-state index in [1.807, 2.05) is 6.20 Å². The van der Waals surface area contributed by atoms with Gasteiger partial charge in [0.1, 0.15) is 0 Å². The normalized spacial score (nSPS) is 28.6. The van der Waals surface area contributed by atoms with Gasteiger partial charge in [0.15, 0.2) is 0 Å². The second-order valence-corrected chi connectivity index (χ2v) is 7.28. The molecule has 0 spiro atoms. The Morgan fingerprint density at radius 2 is 2.20 bits per heavy atom. The third kappa shape index (κ3) is 2.75. The fourth-order valence-electron chi connectivity index (χ4n) is 3.33. The first-order chi connectivity index (χ1) is 9.65. The molecule has 3 rings (SSSR count). The van der Waals surface area contributed by atoms with Gasteiger partial charge in [0.2, 0.25) is 0 Å². The van der Waals surface area contributed by atoms with Crippen LogP contribution < -0.4 is 5.32 Å². The highest BCUT2D eigenvalue weighted by Crippen LogP contribution is 2.31. The number of hydrogen-bond donors (Lipinski definition) is 1. The molecule has 2 aromatic rings. The highest BCUT2D eigenvalue weighted by atomic mass is 32.1. The van der Waals surface area contributed by atoms with Crippen LogP contribution in [0, 0.1) is 11.8 Å². The highest BCUT2D eigenvalue weighted by Gasteiger charge is 2.28. The molecule has 2 heterocycles. The zero-order valence-corrected chi connectivity index (χ0v) is 13.4. The Morgan fingerprint density at radius 3 is 3.05 bits per heavy atom. The van der Waals surface area contributed by atoms with Gasteiger partial charge in [-0.05, 0) is 48.3 Å². The number of rotatable bonds is 3. The molecule has 0 aliphatic heterocycles. The summed E-state index contributed by atoms with van der Waals surface area (Å²) in [5.74, 6) is 1.61. The third-order valence-electron chi connectivity index (χ3n) is 4.99. The first-order valence-corrected chi connectivity index (χ1v) is 8.62. The van der Waals surface area contributed by atoms with Crippen LogP contribution >= 0.6 is 11.3 Å². The Labute approximate surface area is 125 Å². The number of aromatic nitrogens is 1. The van der Waals surface area contributed by atoms with Gasteiger partial charge in [0.05, 0.1) is 10.2 Å². The first kappa shape index (κ1) is 14.0. The van der Waals surface area contributed by atoms with Crippen molar-refractivity contribution in [2.24, 2.45) is 11.8 Å². The maximum absolute atomic E-state index is 4.56. The molecule has 2 aromatic heterocycles. The smallest absolute Gasteiger partial charge is 0.0809 e. The molecule has 20 heavy (non-hydrogen) atoms. The van der Waals surface area contributed by atoms with Crippen LogP contribution in [0.5, 0.6) is 0 Å². The summed E-state index contributed by atoms with van der Waals surface area (Å²) >= 11 is 1.78. The van der Waals surface area contributed by atoms with Gasteiger partial charge >= 0.3 is 0 Å². The molecule has 0 bridgehead atoms. The molecule has 1 aliphatic rings. The Morgan fingerprint density at radius 1 is 1.35 bits per heavy atom. The lowest BCUT2D eigenvalue weighted by Gasteiger charge is -2.36. The SMILES string of the molecule is CC(NC1CCCC(C)C1C)c1cnc2ccsc2c1. The van der Waals surface area contributed by atoms with Crippen LogP contribution in [-0.4, -0.2) is 11.0 Å². The van der Waals surface area contributed by atoms with E-state index in [1.54, 1.807) is 11.3 Å². The molecule has 0 saturated heterocycles. The zero-order chi connectivity index (χ0) is 14.1. The average Bonchev–Trinajstić information content (AvgIpc) is 2.91. The van der Waals surface area contributed by atoms with Crippen molar-refractivity contribution in [3.05, 3.63) is 29.3 Å². The van der Waals surface area contributed by atoms with Gasteiger partial charge < -0.3 is 5.32 Å². The number of nitrogens with one attached hydrogen (secondary N) is 1. The van der Waals surface area contributed by atoms with Crippen molar-refractivity contribution in [3.8, 4) is 0 Å². The van der Waals surface area contributed by atoms with Crippen molar-refractivity contribution in [3.63, 3.8) is 0 Å². The fourth-order valence-corrected chi connectivity index (χ4v) is 4.12. The van der Waals surface area contributed by atoms with Crippen LogP contribution in [0.4, 0.5) is 0 Å². The van der Waals surface area contributed by atoms with Crippen molar-refractivity contribution in [2.75, 3.05) is 0 Å². The predicted octanol–water partition coefficient (Wildman–Crippen LogP) is 4.77. The van der Waals surface area contributed by atoms with Gasteiger partial charge in [0, 0.05) is 18.3 Å². The molecule has 4 unspecified atom stereocenters. The van der Waals surface area contributed by atoms with Crippen molar-refractivity contribution in [1.82, 2.24) is 10.3 Å². The van der Waals surface area contributed by atoms with Gasteiger partial charge in [-0.15, -0.1) is 11.3 Å². The number of nitrogens with zero attached hydrogens (tertiary/aromatic N) is 1. The topological polar surface area (TPSA) is 24.9 Å². The minimum atomic E-state index is 0.381. The van der Waals surface area contributed by atoms with Crippen molar-refractivity contribution in [2.45, 2.75) is 52.1 Å². The second-order valence-electron chi connectivity index (χ2n) is 6.33. The lowest BCUT2D eigenvalue weighted by Crippen LogP contribution is -2.41. The largest absolute Gasteiger partial charge is 0.307 e. The van der Waals surface area contributed by atoms with Gasteiger partial charge in [-0.3, -0.25) is 4.98 Å². The summed E-state index contributed by atoms with van der Waals surface area (Å²) in [6.45, 7) is 7.06. The summed E-state index contributed by atoms with van der Waals surface area (Å²) in [4.78, 5) is 4.56. The molecule has 1 N–H and O–H groups in total. The van der Waals surface area contributed by atoms with Crippen LogP contribution in [-0.2, 0) is 0 Å². The second kappa shape index (κ2) is 5.82. The lowest BCUT2D eigenvalue weighted by atomic mass is 9.77. The summed E-state index contributed by atoms with van der Waals surface area (Å²) in [5.41, 5.74) is 2.43. The Bertz CT molecular complexity index is 577. The van der Waals surface area contributed by atoms with E-state index in [2.05, 4.69) is 48.6 Å². The summed E-state index contributed by atoms with van der Waals surface area (Å²) < 4.78 is 1.29. The summed E-state index contributed by atoms with van der Waals surface area (Å²) in [6.07, 6.45) is 6.09. The molecule has 0 radical (unpaired) electrons. The zero-order valence-electron chi connectivity index (χ0n) is 12.6. The molecule has 1 fully saturated rings. The molecule has 1 saturated carbocycles. The number of hydrogen-bond acceptors (Lipinski definition) is 3. The van der Waals surface area contributed by atoms with Crippen molar-refractivity contribution >= 4 is 21.6 Å². The average molecular weight is 288 g/mol. The van der Waals surface area contributed by atoms with Crippen LogP contribution in [0.25, 0.3) is 10.2 Å². The summed E-state index contributed by atoms with van der Waals surface area (Å²) in [7, 11) is 0. The van der Waals surface area contributed by atoms with Crippen molar-refractivity contribution < 1.29 is 0 Å². The molecule has 108 valence electrons. The van der Waals surface area contributed by atoms with Gasteiger partial charge in [-0.2, -0.15) is 0 Å². The van der Waals surface area contributed by atoms with Gasteiger partial charge in [-0.1, -0.05) is 26.7 Å². The Balaban J connectivity index is 1.73. The van der Waals surface area contributed by atoms with Gasteiger partial charge in [-0.25, -0.2) is 0 Å². The Hall–Kier alpha value is -0.930.